The van der Waals surface area contributed by atoms with Crippen LogP contribution in [0, 0.1) is 0 Å². The van der Waals surface area contributed by atoms with Gasteiger partial charge in [0.05, 0.1) is 11.4 Å². The Morgan fingerprint density at radius 3 is 1.81 bits per heavy atom. The zero-order chi connectivity index (χ0) is 22.3. The van der Waals surface area contributed by atoms with Crippen LogP contribution in [0.1, 0.15) is 12.5 Å². The second kappa shape index (κ2) is 10.1. The van der Waals surface area contributed by atoms with Crippen molar-refractivity contribution in [2.24, 2.45) is 0 Å². The molecule has 0 amide bonds. The first-order chi connectivity index (χ1) is 15.6. The number of allylic oxidation sites excluding steroid dienone is 5. The highest BCUT2D eigenvalue weighted by molar-refractivity contribution is 6.31. The van der Waals surface area contributed by atoms with Gasteiger partial charge in [0.25, 0.3) is 0 Å². The quantitative estimate of drug-likeness (QED) is 0.277. The summed E-state index contributed by atoms with van der Waals surface area (Å²) in [7, 11) is 0. The van der Waals surface area contributed by atoms with Crippen LogP contribution in [0.25, 0.3) is 39.2 Å². The van der Waals surface area contributed by atoms with E-state index in [1.165, 1.54) is 0 Å². The van der Waals surface area contributed by atoms with Crippen molar-refractivity contribution >= 4 is 17.2 Å². The standard InChI is InChI=1S/C30H24ClN/c1-3-11-25(18-22(2)31)26-16-10-17-27(19-26)28-20-29(23-12-6-4-7-13-23)32-30(21-28)24-14-8-5-9-15-24/h3-21H,2H2,1H3/b11-3-,25-18+. The van der Waals surface area contributed by atoms with E-state index in [1.54, 1.807) is 0 Å². The van der Waals surface area contributed by atoms with Crippen LogP contribution < -0.4 is 0 Å². The molecule has 0 fully saturated rings. The zero-order valence-electron chi connectivity index (χ0n) is 18.0. The van der Waals surface area contributed by atoms with Crippen LogP contribution in [0.3, 0.4) is 0 Å². The highest BCUT2D eigenvalue weighted by Crippen LogP contribution is 2.32. The summed E-state index contributed by atoms with van der Waals surface area (Å²) in [5.41, 5.74) is 8.43. The number of halogens is 1. The number of rotatable bonds is 6. The van der Waals surface area contributed by atoms with Crippen molar-refractivity contribution in [1.29, 1.82) is 0 Å². The van der Waals surface area contributed by atoms with Crippen LogP contribution in [-0.2, 0) is 0 Å². The van der Waals surface area contributed by atoms with Gasteiger partial charge in [0.1, 0.15) is 0 Å². The molecule has 2 heteroatoms. The van der Waals surface area contributed by atoms with Gasteiger partial charge in [0, 0.05) is 16.2 Å². The molecule has 0 unspecified atom stereocenters. The van der Waals surface area contributed by atoms with Crippen LogP contribution in [0.5, 0.6) is 0 Å². The number of hydrogen-bond acceptors (Lipinski definition) is 1. The van der Waals surface area contributed by atoms with Gasteiger partial charge < -0.3 is 0 Å². The van der Waals surface area contributed by atoms with Crippen molar-refractivity contribution in [2.45, 2.75) is 6.92 Å². The lowest BCUT2D eigenvalue weighted by Gasteiger charge is -2.12. The van der Waals surface area contributed by atoms with E-state index in [2.05, 4.69) is 67.2 Å². The van der Waals surface area contributed by atoms with E-state index < -0.39 is 0 Å². The topological polar surface area (TPSA) is 12.9 Å². The van der Waals surface area contributed by atoms with Crippen LogP contribution in [0.4, 0.5) is 0 Å². The van der Waals surface area contributed by atoms with E-state index in [9.17, 15) is 0 Å². The first kappa shape index (κ1) is 21.5. The average Bonchev–Trinajstić information content (AvgIpc) is 2.84. The lowest BCUT2D eigenvalue weighted by Crippen LogP contribution is -1.92. The average molecular weight is 434 g/mol. The normalized spacial score (nSPS) is 11.6. The summed E-state index contributed by atoms with van der Waals surface area (Å²) in [5, 5.41) is 0.505. The van der Waals surface area contributed by atoms with Gasteiger partial charge >= 0.3 is 0 Å². The molecule has 0 N–H and O–H groups in total. The van der Waals surface area contributed by atoms with E-state index in [4.69, 9.17) is 16.6 Å². The highest BCUT2D eigenvalue weighted by Gasteiger charge is 2.10. The van der Waals surface area contributed by atoms with E-state index >= 15 is 0 Å². The molecule has 1 aromatic heterocycles. The number of benzene rings is 3. The molecular weight excluding hydrogens is 410 g/mol. The molecule has 0 saturated carbocycles. The molecule has 1 nitrogen and oxygen atoms in total. The lowest BCUT2D eigenvalue weighted by atomic mass is 9.96. The highest BCUT2D eigenvalue weighted by atomic mass is 35.5. The van der Waals surface area contributed by atoms with Crippen LogP contribution in [-0.4, -0.2) is 4.98 Å². The van der Waals surface area contributed by atoms with E-state index in [0.29, 0.717) is 5.03 Å². The molecule has 4 rings (SSSR count). The lowest BCUT2D eigenvalue weighted by molar-refractivity contribution is 1.32. The SMILES string of the molecule is C=C(Cl)/C=C(\C=C/C)c1cccc(-c2cc(-c3ccccc3)nc(-c3ccccc3)c2)c1. The molecule has 156 valence electrons. The van der Waals surface area contributed by atoms with E-state index in [0.717, 1.165) is 44.8 Å². The molecule has 4 aromatic rings. The summed E-state index contributed by atoms with van der Waals surface area (Å²) >= 11 is 6.08. The van der Waals surface area contributed by atoms with Gasteiger partial charge in [-0.2, -0.15) is 0 Å². The Labute approximate surface area is 195 Å². The molecule has 0 bridgehead atoms. The number of hydrogen-bond donors (Lipinski definition) is 0. The maximum absolute atomic E-state index is 6.08. The van der Waals surface area contributed by atoms with Crippen molar-refractivity contribution in [1.82, 2.24) is 4.98 Å². The third-order valence-corrected chi connectivity index (χ3v) is 5.26. The minimum atomic E-state index is 0.505. The second-order valence-electron chi connectivity index (χ2n) is 7.49. The molecule has 0 aliphatic carbocycles. The second-order valence-corrected chi connectivity index (χ2v) is 7.97. The predicted octanol–water partition coefficient (Wildman–Crippen LogP) is 8.79. The molecule has 0 atom stereocenters. The Balaban J connectivity index is 1.87. The predicted molar refractivity (Wildman–Crippen MR) is 138 cm³/mol. The third kappa shape index (κ3) is 5.14. The third-order valence-electron chi connectivity index (χ3n) is 5.15. The summed E-state index contributed by atoms with van der Waals surface area (Å²) in [6.07, 6.45) is 5.94. The Kier molecular flexibility index (Phi) is 6.79. The van der Waals surface area contributed by atoms with Gasteiger partial charge in [-0.3, -0.25) is 0 Å². The van der Waals surface area contributed by atoms with Gasteiger partial charge in [0.2, 0.25) is 0 Å². The molecule has 0 radical (unpaired) electrons. The number of nitrogens with zero attached hydrogens (tertiary/aromatic N) is 1. The summed E-state index contributed by atoms with van der Waals surface area (Å²) in [6, 6.07) is 33.4. The Bertz CT molecular complexity index is 1230. The Morgan fingerprint density at radius 1 is 0.719 bits per heavy atom. The molecule has 32 heavy (non-hydrogen) atoms. The minimum absolute atomic E-state index is 0.505. The molecular formula is C30H24ClN. The maximum Gasteiger partial charge on any atom is 0.0715 e. The zero-order valence-corrected chi connectivity index (χ0v) is 18.8. The van der Waals surface area contributed by atoms with Crippen LogP contribution >= 0.6 is 11.6 Å². The van der Waals surface area contributed by atoms with Crippen LogP contribution in [0.15, 0.2) is 127 Å². The van der Waals surface area contributed by atoms with Gasteiger partial charge in [-0.1, -0.05) is 109 Å². The monoisotopic (exact) mass is 433 g/mol. The molecule has 0 aliphatic heterocycles. The fourth-order valence-electron chi connectivity index (χ4n) is 3.67. The Hall–Kier alpha value is -3.68. The first-order valence-electron chi connectivity index (χ1n) is 10.6. The summed E-state index contributed by atoms with van der Waals surface area (Å²) in [5.74, 6) is 0. The first-order valence-corrected chi connectivity index (χ1v) is 10.9. The van der Waals surface area contributed by atoms with Gasteiger partial charge in [-0.05, 0) is 53.5 Å². The van der Waals surface area contributed by atoms with Gasteiger partial charge in [-0.25, -0.2) is 4.98 Å². The van der Waals surface area contributed by atoms with Crippen LogP contribution in [0.2, 0.25) is 0 Å². The smallest absolute Gasteiger partial charge is 0.0715 e. The molecule has 3 aromatic carbocycles. The van der Waals surface area contributed by atoms with Gasteiger partial charge in [-0.15, -0.1) is 0 Å². The molecule has 1 heterocycles. The van der Waals surface area contributed by atoms with E-state index in [-0.39, 0.29) is 0 Å². The maximum atomic E-state index is 6.08. The summed E-state index contributed by atoms with van der Waals surface area (Å²) < 4.78 is 0. The molecule has 0 aliphatic rings. The fourth-order valence-corrected chi connectivity index (χ4v) is 3.78. The summed E-state index contributed by atoms with van der Waals surface area (Å²) in [6.45, 7) is 5.82. The Morgan fingerprint density at radius 2 is 1.28 bits per heavy atom. The number of aromatic nitrogens is 1. The van der Waals surface area contributed by atoms with Crippen molar-refractivity contribution in [3.05, 3.63) is 132 Å². The van der Waals surface area contributed by atoms with Gasteiger partial charge in [0.15, 0.2) is 0 Å². The van der Waals surface area contributed by atoms with Crippen molar-refractivity contribution in [3.63, 3.8) is 0 Å². The molecule has 0 spiro atoms. The largest absolute Gasteiger partial charge is 0.248 e. The van der Waals surface area contributed by atoms with E-state index in [1.807, 2.05) is 61.5 Å². The minimum Gasteiger partial charge on any atom is -0.248 e. The van der Waals surface area contributed by atoms with Crippen molar-refractivity contribution in [3.8, 4) is 33.6 Å². The van der Waals surface area contributed by atoms with Crippen molar-refractivity contribution in [2.75, 3.05) is 0 Å². The molecule has 0 saturated heterocycles. The summed E-state index contributed by atoms with van der Waals surface area (Å²) in [4.78, 5) is 4.97. The fraction of sp³-hybridized carbons (Fsp3) is 0.0333. The number of pyridine rings is 1. The van der Waals surface area contributed by atoms with Crippen molar-refractivity contribution < 1.29 is 0 Å².